The molecule has 0 fully saturated rings. The van der Waals surface area contributed by atoms with Crippen molar-refractivity contribution in [3.63, 3.8) is 0 Å². The van der Waals surface area contributed by atoms with E-state index >= 15 is 0 Å². The molecule has 3 heteroatoms. The highest BCUT2D eigenvalue weighted by atomic mass is 16.5. The zero-order valence-corrected chi connectivity index (χ0v) is 12.0. The minimum absolute atomic E-state index is 0.791. The summed E-state index contributed by atoms with van der Waals surface area (Å²) in [5.74, 6) is 0.841. The molecule has 0 unspecified atom stereocenters. The molecule has 2 N–H and O–H groups in total. The highest BCUT2D eigenvalue weighted by molar-refractivity contribution is 5.78. The van der Waals surface area contributed by atoms with Crippen LogP contribution in [0.15, 0.2) is 36.4 Å². The topological polar surface area (TPSA) is 38.5 Å². The van der Waals surface area contributed by atoms with Crippen molar-refractivity contribution >= 4 is 17.1 Å². The molecule has 1 heterocycles. The Bertz CT molecular complexity index is 637. The van der Waals surface area contributed by atoms with Gasteiger partial charge in [-0.25, -0.2) is 0 Å². The van der Waals surface area contributed by atoms with E-state index in [0.29, 0.717) is 0 Å². The number of ether oxygens (including phenoxy) is 1. The van der Waals surface area contributed by atoms with Crippen LogP contribution in [0.25, 0.3) is 0 Å². The summed E-state index contributed by atoms with van der Waals surface area (Å²) in [5.41, 5.74) is 12.0. The van der Waals surface area contributed by atoms with Crippen LogP contribution >= 0.6 is 0 Å². The summed E-state index contributed by atoms with van der Waals surface area (Å²) in [5, 5.41) is 0. The van der Waals surface area contributed by atoms with E-state index in [4.69, 9.17) is 10.5 Å². The highest BCUT2D eigenvalue weighted by Crippen LogP contribution is 2.38. The van der Waals surface area contributed by atoms with Gasteiger partial charge >= 0.3 is 0 Å². The Morgan fingerprint density at radius 2 is 1.95 bits per heavy atom. The summed E-state index contributed by atoms with van der Waals surface area (Å²) in [6, 6.07) is 12.5. The number of nitrogen functional groups attached to an aromatic ring is 1. The number of nitrogens with zero attached hydrogens (tertiary/aromatic N) is 1. The van der Waals surface area contributed by atoms with Crippen LogP contribution in [-0.4, -0.2) is 13.7 Å². The maximum atomic E-state index is 6.16. The lowest BCUT2D eigenvalue weighted by molar-refractivity contribution is 0.415. The fraction of sp³-hybridized carbons (Fsp3) is 0.294. The number of fused-ring (bicyclic) bond motifs is 1. The van der Waals surface area contributed by atoms with Crippen LogP contribution < -0.4 is 15.4 Å². The lowest BCUT2D eigenvalue weighted by Crippen LogP contribution is -2.25. The third-order valence-electron chi connectivity index (χ3n) is 3.88. The SMILES string of the molecule is COc1ccc(N)c(N2CCCc3cc(C)ccc32)c1. The average molecular weight is 268 g/mol. The number of aryl methyl sites for hydroxylation is 2. The number of benzene rings is 2. The Morgan fingerprint density at radius 1 is 1.10 bits per heavy atom. The second kappa shape index (κ2) is 5.08. The van der Waals surface area contributed by atoms with Gasteiger partial charge in [-0.15, -0.1) is 0 Å². The van der Waals surface area contributed by atoms with Gasteiger partial charge in [-0.2, -0.15) is 0 Å². The number of hydrogen-bond donors (Lipinski definition) is 1. The zero-order chi connectivity index (χ0) is 14.1. The van der Waals surface area contributed by atoms with E-state index in [9.17, 15) is 0 Å². The zero-order valence-electron chi connectivity index (χ0n) is 12.0. The Morgan fingerprint density at radius 3 is 2.75 bits per heavy atom. The lowest BCUT2D eigenvalue weighted by Gasteiger charge is -2.32. The Hall–Kier alpha value is -2.16. The first kappa shape index (κ1) is 12.9. The summed E-state index contributed by atoms with van der Waals surface area (Å²) >= 11 is 0. The maximum absolute atomic E-state index is 6.16. The Kier molecular flexibility index (Phi) is 3.26. The van der Waals surface area contributed by atoms with Gasteiger partial charge in [0.2, 0.25) is 0 Å². The van der Waals surface area contributed by atoms with Gasteiger partial charge < -0.3 is 15.4 Å². The Balaban J connectivity index is 2.08. The van der Waals surface area contributed by atoms with E-state index in [1.807, 2.05) is 18.2 Å². The molecule has 0 aliphatic carbocycles. The van der Waals surface area contributed by atoms with Gasteiger partial charge in [0.1, 0.15) is 5.75 Å². The fourth-order valence-corrected chi connectivity index (χ4v) is 2.86. The molecule has 3 rings (SSSR count). The standard InChI is InChI=1S/C17H20N2O/c1-12-5-8-16-13(10-12)4-3-9-19(16)17-11-14(20-2)6-7-15(17)18/h5-8,10-11H,3-4,9,18H2,1-2H3. The molecule has 0 aromatic heterocycles. The molecule has 0 amide bonds. The van der Waals surface area contributed by atoms with Crippen LogP contribution in [0.1, 0.15) is 17.5 Å². The van der Waals surface area contributed by atoms with Crippen LogP contribution in [0.3, 0.4) is 0 Å². The summed E-state index contributed by atoms with van der Waals surface area (Å²) < 4.78 is 5.33. The molecule has 0 spiro atoms. The molecular formula is C17H20N2O. The summed E-state index contributed by atoms with van der Waals surface area (Å²) in [6.45, 7) is 3.13. The van der Waals surface area contributed by atoms with Crippen LogP contribution in [0.5, 0.6) is 5.75 Å². The number of hydrogen-bond acceptors (Lipinski definition) is 3. The number of nitrogens with two attached hydrogens (primary N) is 1. The van der Waals surface area contributed by atoms with Gasteiger partial charge in [-0.1, -0.05) is 17.7 Å². The molecular weight excluding hydrogens is 248 g/mol. The molecule has 3 nitrogen and oxygen atoms in total. The van der Waals surface area contributed by atoms with Crippen LogP contribution in [0.2, 0.25) is 0 Å². The van der Waals surface area contributed by atoms with E-state index in [0.717, 1.165) is 36.5 Å². The second-order valence-electron chi connectivity index (χ2n) is 5.31. The lowest BCUT2D eigenvalue weighted by atomic mass is 9.99. The molecule has 0 saturated carbocycles. The minimum atomic E-state index is 0.791. The van der Waals surface area contributed by atoms with Crippen molar-refractivity contribution in [3.8, 4) is 5.75 Å². The van der Waals surface area contributed by atoms with Crippen molar-refractivity contribution < 1.29 is 4.74 Å². The van der Waals surface area contributed by atoms with E-state index in [2.05, 4.69) is 30.0 Å². The smallest absolute Gasteiger partial charge is 0.121 e. The van der Waals surface area contributed by atoms with E-state index in [1.165, 1.54) is 16.8 Å². The van der Waals surface area contributed by atoms with Crippen LogP contribution in [0, 0.1) is 6.92 Å². The van der Waals surface area contributed by atoms with Crippen LogP contribution in [-0.2, 0) is 6.42 Å². The first-order valence-corrected chi connectivity index (χ1v) is 6.99. The molecule has 104 valence electrons. The predicted molar refractivity (Wildman–Crippen MR) is 83.9 cm³/mol. The predicted octanol–water partition coefficient (Wildman–Crippen LogP) is 3.67. The van der Waals surface area contributed by atoms with E-state index < -0.39 is 0 Å². The number of methoxy groups -OCH3 is 1. The Labute approximate surface area is 120 Å². The second-order valence-corrected chi connectivity index (χ2v) is 5.31. The molecule has 20 heavy (non-hydrogen) atoms. The molecule has 0 radical (unpaired) electrons. The average Bonchev–Trinajstić information content (AvgIpc) is 2.47. The quantitative estimate of drug-likeness (QED) is 0.845. The van der Waals surface area contributed by atoms with E-state index in [-0.39, 0.29) is 0 Å². The van der Waals surface area contributed by atoms with Gasteiger partial charge in [-0.05, 0) is 43.5 Å². The number of anilines is 3. The van der Waals surface area contributed by atoms with Gasteiger partial charge in [-0.3, -0.25) is 0 Å². The molecule has 2 aromatic carbocycles. The molecule has 0 bridgehead atoms. The van der Waals surface area contributed by atoms with Crippen molar-refractivity contribution in [3.05, 3.63) is 47.5 Å². The summed E-state index contributed by atoms with van der Waals surface area (Å²) in [6.07, 6.45) is 2.28. The normalized spacial score (nSPS) is 14.0. The van der Waals surface area contributed by atoms with Crippen molar-refractivity contribution in [2.75, 3.05) is 24.3 Å². The largest absolute Gasteiger partial charge is 0.497 e. The van der Waals surface area contributed by atoms with Crippen molar-refractivity contribution in [1.29, 1.82) is 0 Å². The van der Waals surface area contributed by atoms with Gasteiger partial charge in [0.15, 0.2) is 0 Å². The first-order valence-electron chi connectivity index (χ1n) is 6.99. The number of rotatable bonds is 2. The van der Waals surface area contributed by atoms with Crippen molar-refractivity contribution in [1.82, 2.24) is 0 Å². The van der Waals surface area contributed by atoms with E-state index in [1.54, 1.807) is 7.11 Å². The first-order chi connectivity index (χ1) is 9.69. The third kappa shape index (κ3) is 2.20. The van der Waals surface area contributed by atoms with Gasteiger partial charge in [0, 0.05) is 18.3 Å². The maximum Gasteiger partial charge on any atom is 0.121 e. The van der Waals surface area contributed by atoms with Crippen molar-refractivity contribution in [2.45, 2.75) is 19.8 Å². The highest BCUT2D eigenvalue weighted by Gasteiger charge is 2.20. The van der Waals surface area contributed by atoms with Gasteiger partial charge in [0.25, 0.3) is 0 Å². The minimum Gasteiger partial charge on any atom is -0.497 e. The van der Waals surface area contributed by atoms with Crippen LogP contribution in [0.4, 0.5) is 17.1 Å². The third-order valence-corrected chi connectivity index (χ3v) is 3.88. The molecule has 0 saturated heterocycles. The molecule has 0 atom stereocenters. The van der Waals surface area contributed by atoms with Crippen molar-refractivity contribution in [2.24, 2.45) is 0 Å². The summed E-state index contributed by atoms with van der Waals surface area (Å²) in [4.78, 5) is 2.30. The monoisotopic (exact) mass is 268 g/mol. The molecule has 1 aliphatic rings. The molecule has 1 aliphatic heterocycles. The molecule has 2 aromatic rings. The fourth-order valence-electron chi connectivity index (χ4n) is 2.86. The summed E-state index contributed by atoms with van der Waals surface area (Å²) in [7, 11) is 1.68. The van der Waals surface area contributed by atoms with Gasteiger partial charge in [0.05, 0.1) is 18.5 Å².